The van der Waals surface area contributed by atoms with E-state index in [1.807, 2.05) is 45.0 Å². The minimum atomic E-state index is -0.293. The molecule has 0 bridgehead atoms. The summed E-state index contributed by atoms with van der Waals surface area (Å²) in [6.45, 7) is 12.2. The first-order chi connectivity index (χ1) is 17.0. The highest BCUT2D eigenvalue weighted by Gasteiger charge is 2.21. The number of nitrogens with one attached hydrogen (secondary N) is 2. The smallest absolute Gasteiger partial charge is 0.251 e. The first-order valence-corrected chi connectivity index (χ1v) is 12.3. The molecule has 7 heteroatoms. The number of aromatic amines is 1. The van der Waals surface area contributed by atoms with Gasteiger partial charge in [-0.05, 0) is 57.4 Å². The van der Waals surface area contributed by atoms with Crippen molar-refractivity contribution in [2.75, 3.05) is 6.61 Å². The lowest BCUT2D eigenvalue weighted by molar-refractivity contribution is 0.0930. The highest BCUT2D eigenvalue weighted by Crippen LogP contribution is 2.27. The Bertz CT molecular complexity index is 1230. The molecular weight excluding hydrogens is 452 g/mol. The van der Waals surface area contributed by atoms with Gasteiger partial charge in [-0.15, -0.1) is 0 Å². The van der Waals surface area contributed by atoms with E-state index in [-0.39, 0.29) is 30.1 Å². The number of carbonyl (C=O) groups excluding carboxylic acids is 1. The Kier molecular flexibility index (Phi) is 8.54. The number of aryl methyl sites for hydroxylation is 1. The summed E-state index contributed by atoms with van der Waals surface area (Å²) >= 11 is 0. The van der Waals surface area contributed by atoms with Crippen molar-refractivity contribution in [3.05, 3.63) is 70.5 Å². The van der Waals surface area contributed by atoms with Crippen molar-refractivity contribution in [1.29, 1.82) is 5.26 Å². The van der Waals surface area contributed by atoms with Crippen molar-refractivity contribution in [2.24, 2.45) is 0 Å². The van der Waals surface area contributed by atoms with E-state index < -0.39 is 0 Å². The van der Waals surface area contributed by atoms with E-state index in [0.717, 1.165) is 28.3 Å². The zero-order valence-corrected chi connectivity index (χ0v) is 22.0. The summed E-state index contributed by atoms with van der Waals surface area (Å²) in [4.78, 5) is 21.1. The van der Waals surface area contributed by atoms with E-state index >= 15 is 0 Å². The third kappa shape index (κ3) is 6.73. The van der Waals surface area contributed by atoms with Gasteiger partial charge in [0, 0.05) is 34.9 Å². The van der Waals surface area contributed by atoms with Crippen LogP contribution < -0.4 is 10.1 Å². The summed E-state index contributed by atoms with van der Waals surface area (Å²) in [5.41, 5.74) is 4.80. The fraction of sp³-hybridized carbons (Fsp3) is 0.414. The van der Waals surface area contributed by atoms with Gasteiger partial charge >= 0.3 is 0 Å². The summed E-state index contributed by atoms with van der Waals surface area (Å²) in [5.74, 6) is 0.998. The highest BCUT2D eigenvalue weighted by atomic mass is 16.5. The van der Waals surface area contributed by atoms with Crippen molar-refractivity contribution >= 4 is 5.91 Å². The van der Waals surface area contributed by atoms with Crippen LogP contribution in [0.5, 0.6) is 5.75 Å². The molecule has 1 heterocycles. The molecule has 0 aliphatic heterocycles. The lowest BCUT2D eigenvalue weighted by Crippen LogP contribution is -2.37. The molecule has 1 amide bonds. The fourth-order valence-corrected chi connectivity index (χ4v) is 4.18. The van der Waals surface area contributed by atoms with Gasteiger partial charge in [-0.2, -0.15) is 5.26 Å². The van der Waals surface area contributed by atoms with Crippen LogP contribution in [-0.4, -0.2) is 39.7 Å². The predicted molar refractivity (Wildman–Crippen MR) is 141 cm³/mol. The van der Waals surface area contributed by atoms with Gasteiger partial charge in [-0.1, -0.05) is 45.0 Å². The second-order valence-corrected chi connectivity index (χ2v) is 10.4. The second kappa shape index (κ2) is 11.4. The Labute approximate surface area is 213 Å². The normalized spacial score (nSPS) is 12.3. The lowest BCUT2D eigenvalue weighted by Gasteiger charge is -2.19. The monoisotopic (exact) mass is 488 g/mol. The average molecular weight is 489 g/mol. The number of ether oxygens (including phenoxy) is 1. The van der Waals surface area contributed by atoms with Gasteiger partial charge in [0.25, 0.3) is 5.91 Å². The summed E-state index contributed by atoms with van der Waals surface area (Å²) in [7, 11) is 0. The maximum absolute atomic E-state index is 12.9. The molecule has 36 heavy (non-hydrogen) atoms. The van der Waals surface area contributed by atoms with E-state index in [4.69, 9.17) is 9.72 Å². The quantitative estimate of drug-likeness (QED) is 0.390. The molecular formula is C29H36N4O3. The van der Waals surface area contributed by atoms with Crippen molar-refractivity contribution in [2.45, 2.75) is 71.9 Å². The Hall–Kier alpha value is -3.63. The molecule has 0 radical (unpaired) electrons. The zero-order valence-electron chi connectivity index (χ0n) is 22.0. The minimum Gasteiger partial charge on any atom is -0.490 e. The molecule has 0 saturated carbocycles. The maximum atomic E-state index is 12.9. The molecule has 0 aliphatic carbocycles. The number of amides is 1. The van der Waals surface area contributed by atoms with Gasteiger partial charge in [-0.25, -0.2) is 4.98 Å². The molecule has 7 nitrogen and oxygen atoms in total. The highest BCUT2D eigenvalue weighted by molar-refractivity contribution is 5.95. The predicted octanol–water partition coefficient (Wildman–Crippen LogP) is 5.07. The number of aliphatic hydroxyl groups excluding tert-OH is 1. The number of carbonyl (C=O) groups is 1. The van der Waals surface area contributed by atoms with Crippen molar-refractivity contribution in [3.8, 4) is 23.2 Å². The van der Waals surface area contributed by atoms with Gasteiger partial charge in [0.2, 0.25) is 0 Å². The first-order valence-electron chi connectivity index (χ1n) is 12.3. The topological polar surface area (TPSA) is 111 Å². The van der Waals surface area contributed by atoms with Crippen molar-refractivity contribution < 1.29 is 14.6 Å². The number of aromatic nitrogens is 2. The van der Waals surface area contributed by atoms with Crippen LogP contribution in [0.15, 0.2) is 42.5 Å². The number of hydrogen-bond acceptors (Lipinski definition) is 5. The van der Waals surface area contributed by atoms with Crippen LogP contribution >= 0.6 is 0 Å². The number of hydrogen-bond donors (Lipinski definition) is 3. The van der Waals surface area contributed by atoms with Gasteiger partial charge in [-0.3, -0.25) is 4.79 Å². The Morgan fingerprint density at radius 3 is 2.44 bits per heavy atom. The first kappa shape index (κ1) is 27.0. The van der Waals surface area contributed by atoms with Gasteiger partial charge in [0.15, 0.2) is 0 Å². The van der Waals surface area contributed by atoms with E-state index in [1.54, 1.807) is 12.1 Å². The molecule has 0 spiro atoms. The number of H-pyrrole nitrogens is 1. The van der Waals surface area contributed by atoms with Crippen LogP contribution in [0.1, 0.15) is 73.9 Å². The molecule has 3 rings (SSSR count). The molecule has 0 aliphatic rings. The molecule has 190 valence electrons. The number of imidazole rings is 1. The van der Waals surface area contributed by atoms with Crippen LogP contribution in [0.3, 0.4) is 0 Å². The lowest BCUT2D eigenvalue weighted by atomic mass is 9.91. The van der Waals surface area contributed by atoms with Gasteiger partial charge in [0.05, 0.1) is 17.4 Å². The van der Waals surface area contributed by atoms with Gasteiger partial charge < -0.3 is 20.1 Å². The fourth-order valence-electron chi connectivity index (χ4n) is 4.18. The van der Waals surface area contributed by atoms with Crippen LogP contribution in [-0.2, 0) is 11.8 Å². The largest absolute Gasteiger partial charge is 0.490 e. The van der Waals surface area contributed by atoms with E-state index in [1.165, 1.54) is 6.07 Å². The SMILES string of the molecule is Cc1[nH]c(-c2ccc(C[C@@H](CCO)NC(=O)c3ccc(OC(C)C)c(C#N)c3)cc2)nc1C(C)(C)C. The van der Waals surface area contributed by atoms with Crippen LogP contribution in [0.25, 0.3) is 11.4 Å². The second-order valence-electron chi connectivity index (χ2n) is 10.4. The molecule has 3 aromatic rings. The standard InChI is InChI=1S/C29H36N4O3/c1-18(2)36-25-12-11-22(16-23(25)17-30)28(35)32-24(13-14-34)15-20-7-9-21(10-8-20)27-31-19(3)26(33-27)29(4,5)6/h7-12,16,18,24,34H,13-15H2,1-6H3,(H,31,33)(H,32,35)/t24-/m1/s1. The Balaban J connectivity index is 1.72. The van der Waals surface area contributed by atoms with E-state index in [2.05, 4.69) is 37.1 Å². The summed E-state index contributed by atoms with van der Waals surface area (Å²) in [5, 5.41) is 22.0. The number of rotatable bonds is 9. The van der Waals surface area contributed by atoms with E-state index in [9.17, 15) is 15.2 Å². The molecule has 0 saturated heterocycles. The van der Waals surface area contributed by atoms with Crippen molar-refractivity contribution in [1.82, 2.24) is 15.3 Å². The number of nitrogens with zero attached hydrogens (tertiary/aromatic N) is 2. The molecule has 0 unspecified atom stereocenters. The van der Waals surface area contributed by atoms with Crippen LogP contribution in [0.2, 0.25) is 0 Å². The maximum Gasteiger partial charge on any atom is 0.251 e. The summed E-state index contributed by atoms with van der Waals surface area (Å²) in [6, 6.07) is 14.7. The average Bonchev–Trinajstić information content (AvgIpc) is 3.21. The zero-order chi connectivity index (χ0) is 26.5. The number of nitriles is 1. The van der Waals surface area contributed by atoms with E-state index in [0.29, 0.717) is 29.7 Å². The van der Waals surface area contributed by atoms with Crippen LogP contribution in [0, 0.1) is 18.3 Å². The molecule has 0 fully saturated rings. The van der Waals surface area contributed by atoms with Gasteiger partial charge in [0.1, 0.15) is 17.6 Å². The summed E-state index contributed by atoms with van der Waals surface area (Å²) in [6.07, 6.45) is 0.908. The molecule has 3 N–H and O–H groups in total. The minimum absolute atomic E-state index is 0.0374. The molecule has 1 atom stereocenters. The number of benzene rings is 2. The molecule has 1 aromatic heterocycles. The van der Waals surface area contributed by atoms with Crippen molar-refractivity contribution in [3.63, 3.8) is 0 Å². The summed E-state index contributed by atoms with van der Waals surface area (Å²) < 4.78 is 5.64. The Morgan fingerprint density at radius 1 is 1.19 bits per heavy atom. The third-order valence-electron chi connectivity index (χ3n) is 5.84. The van der Waals surface area contributed by atoms with Crippen LogP contribution in [0.4, 0.5) is 0 Å². The third-order valence-corrected chi connectivity index (χ3v) is 5.84. The Morgan fingerprint density at radius 2 is 1.89 bits per heavy atom. The number of aliphatic hydroxyl groups is 1. The molecule has 2 aromatic carbocycles.